The molecule has 0 amide bonds. The second-order valence-corrected chi connectivity index (χ2v) is 4.64. The molecule has 1 nitrogen and oxygen atoms in total. The Hall–Kier alpha value is -0.890. The van der Waals surface area contributed by atoms with Crippen molar-refractivity contribution in [2.45, 2.75) is 25.7 Å². The molecule has 1 fully saturated rings. The van der Waals surface area contributed by atoms with Crippen molar-refractivity contribution in [3.05, 3.63) is 35.6 Å². The molecule has 0 heterocycles. The van der Waals surface area contributed by atoms with Gasteiger partial charge in [0.2, 0.25) is 0 Å². The molecule has 1 aliphatic carbocycles. The van der Waals surface area contributed by atoms with Crippen molar-refractivity contribution in [2.24, 2.45) is 5.92 Å². The third-order valence-electron chi connectivity index (χ3n) is 3.54. The Morgan fingerprint density at radius 3 is 3.00 bits per heavy atom. The molecule has 0 radical (unpaired) electrons. The quantitative estimate of drug-likeness (QED) is 0.800. The van der Waals surface area contributed by atoms with E-state index < -0.39 is 0 Å². The van der Waals surface area contributed by atoms with Crippen LogP contribution in [0.5, 0.6) is 0 Å². The molecule has 15 heavy (non-hydrogen) atoms. The summed E-state index contributed by atoms with van der Waals surface area (Å²) in [5.41, 5.74) is 1.34. The van der Waals surface area contributed by atoms with Gasteiger partial charge < -0.3 is 5.32 Å². The van der Waals surface area contributed by atoms with Gasteiger partial charge in [0.05, 0.1) is 0 Å². The highest BCUT2D eigenvalue weighted by Gasteiger charge is 2.50. The SMILES string of the molecule is CCNCC1CC1(C)c1cccc(F)c1. The molecule has 1 saturated carbocycles. The minimum atomic E-state index is -0.122. The Morgan fingerprint density at radius 2 is 2.33 bits per heavy atom. The summed E-state index contributed by atoms with van der Waals surface area (Å²) in [5, 5.41) is 3.36. The van der Waals surface area contributed by atoms with Crippen molar-refractivity contribution in [1.29, 1.82) is 0 Å². The third kappa shape index (κ3) is 2.05. The zero-order valence-electron chi connectivity index (χ0n) is 9.39. The molecular formula is C13H18FN. The molecule has 0 aromatic heterocycles. The number of benzene rings is 1. The first kappa shape index (κ1) is 10.6. The Kier molecular flexibility index (Phi) is 2.79. The standard InChI is InChI=1S/C13H18FN/c1-3-15-9-11-8-13(11,2)10-5-4-6-12(14)7-10/h4-7,11,15H,3,8-9H2,1-2H3. The van der Waals surface area contributed by atoms with Gasteiger partial charge in [-0.2, -0.15) is 0 Å². The molecule has 1 aliphatic rings. The fraction of sp³-hybridized carbons (Fsp3) is 0.538. The zero-order valence-corrected chi connectivity index (χ0v) is 9.39. The smallest absolute Gasteiger partial charge is 0.123 e. The third-order valence-corrected chi connectivity index (χ3v) is 3.54. The van der Waals surface area contributed by atoms with Gasteiger partial charge in [-0.05, 0) is 48.5 Å². The summed E-state index contributed by atoms with van der Waals surface area (Å²) in [6.07, 6.45) is 1.17. The maximum atomic E-state index is 13.1. The summed E-state index contributed by atoms with van der Waals surface area (Å²) in [5.74, 6) is 0.544. The number of hydrogen-bond donors (Lipinski definition) is 1. The van der Waals surface area contributed by atoms with Crippen LogP contribution >= 0.6 is 0 Å². The van der Waals surface area contributed by atoms with E-state index in [0.717, 1.165) is 18.7 Å². The van der Waals surface area contributed by atoms with E-state index in [1.54, 1.807) is 12.1 Å². The van der Waals surface area contributed by atoms with Gasteiger partial charge in [-0.1, -0.05) is 26.0 Å². The summed E-state index contributed by atoms with van der Waals surface area (Å²) in [6.45, 7) is 6.39. The average Bonchev–Trinajstić information content (AvgIpc) is 2.88. The van der Waals surface area contributed by atoms with Gasteiger partial charge in [0, 0.05) is 0 Å². The molecular weight excluding hydrogens is 189 g/mol. The van der Waals surface area contributed by atoms with Gasteiger partial charge in [-0.25, -0.2) is 4.39 Å². The van der Waals surface area contributed by atoms with Crippen LogP contribution in [-0.2, 0) is 5.41 Å². The zero-order chi connectivity index (χ0) is 10.9. The topological polar surface area (TPSA) is 12.0 Å². The first-order valence-corrected chi connectivity index (χ1v) is 5.63. The second-order valence-electron chi connectivity index (χ2n) is 4.64. The Labute approximate surface area is 90.7 Å². The number of nitrogens with one attached hydrogen (secondary N) is 1. The highest BCUT2D eigenvalue weighted by molar-refractivity contribution is 5.33. The summed E-state index contributed by atoms with van der Waals surface area (Å²) in [4.78, 5) is 0. The molecule has 1 aromatic carbocycles. The van der Waals surface area contributed by atoms with Crippen molar-refractivity contribution in [3.8, 4) is 0 Å². The van der Waals surface area contributed by atoms with Crippen molar-refractivity contribution in [2.75, 3.05) is 13.1 Å². The normalized spacial score (nSPS) is 29.1. The largest absolute Gasteiger partial charge is 0.317 e. The van der Waals surface area contributed by atoms with E-state index in [1.165, 1.54) is 12.5 Å². The summed E-state index contributed by atoms with van der Waals surface area (Å²) < 4.78 is 13.1. The molecule has 0 spiro atoms. The minimum absolute atomic E-state index is 0.122. The molecule has 0 aliphatic heterocycles. The molecule has 82 valence electrons. The van der Waals surface area contributed by atoms with Crippen LogP contribution in [0.1, 0.15) is 25.8 Å². The number of hydrogen-bond acceptors (Lipinski definition) is 1. The lowest BCUT2D eigenvalue weighted by atomic mass is 9.95. The van der Waals surface area contributed by atoms with Crippen LogP contribution in [0.25, 0.3) is 0 Å². The average molecular weight is 207 g/mol. The molecule has 0 saturated heterocycles. The van der Waals surface area contributed by atoms with E-state index in [9.17, 15) is 4.39 Å². The Morgan fingerprint density at radius 1 is 1.53 bits per heavy atom. The first-order chi connectivity index (χ1) is 7.16. The fourth-order valence-electron chi connectivity index (χ4n) is 2.27. The maximum absolute atomic E-state index is 13.1. The molecule has 2 atom stereocenters. The van der Waals surface area contributed by atoms with Crippen molar-refractivity contribution < 1.29 is 4.39 Å². The summed E-state index contributed by atoms with van der Waals surface area (Å²) in [6, 6.07) is 7.02. The Balaban J connectivity index is 2.06. The van der Waals surface area contributed by atoms with Crippen molar-refractivity contribution >= 4 is 0 Å². The highest BCUT2D eigenvalue weighted by Crippen LogP contribution is 2.53. The predicted octanol–water partition coefficient (Wildman–Crippen LogP) is 2.71. The van der Waals surface area contributed by atoms with Gasteiger partial charge in [-0.15, -0.1) is 0 Å². The van der Waals surface area contributed by atoms with Gasteiger partial charge >= 0.3 is 0 Å². The van der Waals surface area contributed by atoms with Gasteiger partial charge in [-0.3, -0.25) is 0 Å². The van der Waals surface area contributed by atoms with Crippen molar-refractivity contribution in [1.82, 2.24) is 5.32 Å². The van der Waals surface area contributed by atoms with Gasteiger partial charge in [0.1, 0.15) is 5.82 Å². The molecule has 2 unspecified atom stereocenters. The monoisotopic (exact) mass is 207 g/mol. The van der Waals surface area contributed by atoms with Crippen LogP contribution in [0.2, 0.25) is 0 Å². The lowest BCUT2D eigenvalue weighted by Crippen LogP contribution is -2.19. The van der Waals surface area contributed by atoms with Crippen LogP contribution in [-0.4, -0.2) is 13.1 Å². The maximum Gasteiger partial charge on any atom is 0.123 e. The van der Waals surface area contributed by atoms with E-state index in [0.29, 0.717) is 5.92 Å². The molecule has 1 aromatic rings. The second kappa shape index (κ2) is 3.93. The van der Waals surface area contributed by atoms with Crippen LogP contribution in [0, 0.1) is 11.7 Å². The van der Waals surface area contributed by atoms with E-state index in [1.807, 2.05) is 6.07 Å². The van der Waals surface area contributed by atoms with Gasteiger partial charge in [0.15, 0.2) is 0 Å². The van der Waals surface area contributed by atoms with Crippen LogP contribution in [0.15, 0.2) is 24.3 Å². The first-order valence-electron chi connectivity index (χ1n) is 5.63. The van der Waals surface area contributed by atoms with E-state index in [-0.39, 0.29) is 11.2 Å². The molecule has 1 N–H and O–H groups in total. The van der Waals surface area contributed by atoms with Crippen LogP contribution in [0.4, 0.5) is 4.39 Å². The predicted molar refractivity (Wildman–Crippen MR) is 60.4 cm³/mol. The number of rotatable bonds is 4. The van der Waals surface area contributed by atoms with E-state index in [4.69, 9.17) is 0 Å². The van der Waals surface area contributed by atoms with Crippen LogP contribution < -0.4 is 5.32 Å². The van der Waals surface area contributed by atoms with E-state index in [2.05, 4.69) is 19.2 Å². The van der Waals surface area contributed by atoms with Crippen LogP contribution in [0.3, 0.4) is 0 Å². The summed E-state index contributed by atoms with van der Waals surface area (Å²) in [7, 11) is 0. The summed E-state index contributed by atoms with van der Waals surface area (Å²) >= 11 is 0. The fourth-order valence-corrected chi connectivity index (χ4v) is 2.27. The molecule has 0 bridgehead atoms. The lowest BCUT2D eigenvalue weighted by molar-refractivity contribution is 0.582. The highest BCUT2D eigenvalue weighted by atomic mass is 19.1. The lowest BCUT2D eigenvalue weighted by Gasteiger charge is -2.12. The van der Waals surface area contributed by atoms with E-state index >= 15 is 0 Å². The Bertz CT molecular complexity index is 350. The molecule has 2 heteroatoms. The number of halogens is 1. The molecule has 2 rings (SSSR count). The minimum Gasteiger partial charge on any atom is -0.317 e. The van der Waals surface area contributed by atoms with Gasteiger partial charge in [0.25, 0.3) is 0 Å². The van der Waals surface area contributed by atoms with Crippen molar-refractivity contribution in [3.63, 3.8) is 0 Å².